The third-order valence-corrected chi connectivity index (χ3v) is 6.29. The minimum atomic E-state index is -0.375. The molecule has 0 saturated heterocycles. The number of carbonyl (C=O) groups is 2. The number of pyridine rings is 4. The fourth-order valence-corrected chi connectivity index (χ4v) is 4.22. The number of rotatable bonds is 12. The van der Waals surface area contributed by atoms with Gasteiger partial charge < -0.3 is 39.4 Å². The van der Waals surface area contributed by atoms with Crippen molar-refractivity contribution in [3.8, 4) is 45.9 Å². The van der Waals surface area contributed by atoms with Gasteiger partial charge in [-0.15, -0.1) is 0 Å². The molecule has 2 unspecified atom stereocenters. The van der Waals surface area contributed by atoms with Gasteiger partial charge in [0.15, 0.2) is 0 Å². The first-order valence-corrected chi connectivity index (χ1v) is 14.9. The predicted molar refractivity (Wildman–Crippen MR) is 182 cm³/mol. The average Bonchev–Trinajstić information content (AvgIpc) is 3.09. The summed E-state index contributed by atoms with van der Waals surface area (Å²) >= 11 is 0. The molecule has 2 atom stereocenters. The average molecular weight is 789 g/mol. The molecule has 0 amide bonds. The van der Waals surface area contributed by atoms with Gasteiger partial charge in [0.2, 0.25) is 0 Å². The van der Waals surface area contributed by atoms with E-state index in [-0.39, 0.29) is 43.2 Å². The molecule has 4 N–H and O–H groups in total. The third kappa shape index (κ3) is 13.6. The Bertz CT molecular complexity index is 1700. The van der Waals surface area contributed by atoms with Crippen LogP contribution in [0.4, 0.5) is 17.3 Å². The number of anilines is 3. The first-order chi connectivity index (χ1) is 24.1. The Balaban J connectivity index is 0.000000303. The Hall–Kier alpha value is -5.70. The molecule has 0 spiro atoms. The summed E-state index contributed by atoms with van der Waals surface area (Å²) in [7, 11) is 3.12. The standard InChI is InChI=1S/C18H17N3O4.C12H8N2O4.C5H12O2.Ru/c1-24-15-7-12(8-16(11-15)25-2)21(17-9-13(22)3-5-19-17)18-10-14(23)4-6-20-18;15-7-17-9-1-3-13-11(5-9)12-6-10(18-8-16)2-4-14-12;1-4(6)3-5(2)7;/h3-11H,1-2H3,(H,19,22)(H,20,23);1-8H;4-7H,3H2,1-2H3;. The van der Waals surface area contributed by atoms with Crippen molar-refractivity contribution in [2.45, 2.75) is 32.5 Å². The van der Waals surface area contributed by atoms with E-state index in [4.69, 9.17) is 29.2 Å². The number of methoxy groups -OCH3 is 2. The maximum Gasteiger partial charge on any atom is 0.298 e. The molecule has 0 aliphatic heterocycles. The van der Waals surface area contributed by atoms with Crippen molar-refractivity contribution in [1.29, 1.82) is 0 Å². The van der Waals surface area contributed by atoms with Crippen LogP contribution in [0, 0.1) is 0 Å². The van der Waals surface area contributed by atoms with Gasteiger partial charge >= 0.3 is 0 Å². The molecule has 51 heavy (non-hydrogen) atoms. The van der Waals surface area contributed by atoms with Crippen LogP contribution in [0.3, 0.4) is 0 Å². The number of ether oxygens (including phenoxy) is 4. The molecule has 5 rings (SSSR count). The van der Waals surface area contributed by atoms with E-state index in [1.165, 1.54) is 49.1 Å². The number of aromatic hydroxyl groups is 2. The molecular weight excluding hydrogens is 751 g/mol. The van der Waals surface area contributed by atoms with Gasteiger partial charge in [0.1, 0.15) is 46.1 Å². The molecule has 5 aromatic rings. The molecule has 15 nitrogen and oxygen atoms in total. The third-order valence-electron chi connectivity index (χ3n) is 6.29. The molecular formula is C35H37N5O10Ru. The molecule has 16 heteroatoms. The summed E-state index contributed by atoms with van der Waals surface area (Å²) in [6.45, 7) is 3.98. The Labute approximate surface area is 306 Å². The zero-order chi connectivity index (χ0) is 36.5. The van der Waals surface area contributed by atoms with Gasteiger partial charge in [-0.2, -0.15) is 0 Å². The summed E-state index contributed by atoms with van der Waals surface area (Å²) in [5, 5.41) is 36.8. The van der Waals surface area contributed by atoms with E-state index in [9.17, 15) is 19.8 Å². The number of aromatic nitrogens is 4. The molecule has 0 saturated carbocycles. The number of nitrogens with zero attached hydrogens (tertiary/aromatic N) is 5. The maximum atomic E-state index is 10.2. The quantitative estimate of drug-likeness (QED) is 0.0997. The minimum absolute atomic E-state index is 0. The number of aliphatic hydroxyl groups is 2. The first kappa shape index (κ1) is 41.5. The Kier molecular flexibility index (Phi) is 17.4. The topological polar surface area (TPSA) is 207 Å². The molecule has 4 aromatic heterocycles. The van der Waals surface area contributed by atoms with Gasteiger partial charge in [0, 0.05) is 86.7 Å². The summed E-state index contributed by atoms with van der Waals surface area (Å²) in [6.07, 6.45) is 5.67. The van der Waals surface area contributed by atoms with Crippen LogP contribution < -0.4 is 23.8 Å². The van der Waals surface area contributed by atoms with E-state index in [0.717, 1.165) is 0 Å². The Morgan fingerprint density at radius 2 is 1.04 bits per heavy atom. The number of hydrogen-bond donors (Lipinski definition) is 4. The zero-order valence-corrected chi connectivity index (χ0v) is 29.7. The van der Waals surface area contributed by atoms with Crippen molar-refractivity contribution in [3.05, 3.63) is 91.5 Å². The van der Waals surface area contributed by atoms with Crippen LogP contribution in [0.1, 0.15) is 20.3 Å². The SMILES string of the molecule is CC(O)CC(C)O.COc1cc(OC)cc(N(c2cc(O)ccn2)c2cc(O)ccn2)c1.O=COc1ccnc(-c2cc(OC=O)ccn2)c1.[Ru]. The number of aliphatic hydroxyl groups excluding tert-OH is 2. The molecule has 0 aliphatic carbocycles. The van der Waals surface area contributed by atoms with Crippen molar-refractivity contribution in [2.75, 3.05) is 19.1 Å². The largest absolute Gasteiger partial charge is 0.508 e. The fraction of sp³-hybridized carbons (Fsp3) is 0.200. The van der Waals surface area contributed by atoms with E-state index in [1.807, 2.05) is 0 Å². The monoisotopic (exact) mass is 789 g/mol. The van der Waals surface area contributed by atoms with E-state index >= 15 is 0 Å². The molecule has 0 radical (unpaired) electrons. The number of hydrogen-bond acceptors (Lipinski definition) is 15. The molecule has 1 aromatic carbocycles. The van der Waals surface area contributed by atoms with Crippen molar-refractivity contribution >= 4 is 30.3 Å². The predicted octanol–water partition coefficient (Wildman–Crippen LogP) is 4.72. The Morgan fingerprint density at radius 1 is 0.627 bits per heavy atom. The summed E-state index contributed by atoms with van der Waals surface area (Å²) in [6, 6.07) is 17.5. The van der Waals surface area contributed by atoms with Crippen molar-refractivity contribution < 1.29 is 68.4 Å². The van der Waals surface area contributed by atoms with Crippen LogP contribution in [0.15, 0.2) is 91.5 Å². The molecule has 0 aliphatic rings. The fourth-order valence-electron chi connectivity index (χ4n) is 4.22. The van der Waals surface area contributed by atoms with E-state index in [1.54, 1.807) is 75.4 Å². The summed E-state index contributed by atoms with van der Waals surface area (Å²) in [5.41, 5.74) is 1.66. The van der Waals surface area contributed by atoms with Gasteiger partial charge in [0.25, 0.3) is 12.9 Å². The molecule has 0 fully saturated rings. The Morgan fingerprint density at radius 3 is 1.37 bits per heavy atom. The van der Waals surface area contributed by atoms with Gasteiger partial charge in [-0.3, -0.25) is 24.5 Å². The van der Waals surface area contributed by atoms with Crippen LogP contribution in [0.5, 0.6) is 34.5 Å². The molecule has 0 bridgehead atoms. The van der Waals surface area contributed by atoms with E-state index in [0.29, 0.717) is 71.1 Å². The second-order valence-electron chi connectivity index (χ2n) is 10.3. The van der Waals surface area contributed by atoms with Crippen molar-refractivity contribution in [1.82, 2.24) is 19.9 Å². The van der Waals surface area contributed by atoms with Crippen LogP contribution in [-0.4, -0.2) is 79.7 Å². The van der Waals surface area contributed by atoms with Crippen LogP contribution in [-0.2, 0) is 29.1 Å². The molecule has 4 heterocycles. The van der Waals surface area contributed by atoms with Crippen LogP contribution >= 0.6 is 0 Å². The normalized spacial score (nSPS) is 11.0. The van der Waals surface area contributed by atoms with Crippen molar-refractivity contribution in [3.63, 3.8) is 0 Å². The van der Waals surface area contributed by atoms with Gasteiger partial charge in [-0.1, -0.05) is 0 Å². The second kappa shape index (κ2) is 21.4. The molecule has 270 valence electrons. The second-order valence-corrected chi connectivity index (χ2v) is 10.3. The number of benzene rings is 1. The van der Waals surface area contributed by atoms with Crippen LogP contribution in [0.25, 0.3) is 11.4 Å². The summed E-state index contributed by atoms with van der Waals surface area (Å²) < 4.78 is 20.1. The number of carbonyl (C=O) groups excluding carboxylic acids is 2. The summed E-state index contributed by atoms with van der Waals surface area (Å²) in [5.74, 6) is 2.85. The minimum Gasteiger partial charge on any atom is -0.508 e. The first-order valence-electron chi connectivity index (χ1n) is 14.9. The van der Waals surface area contributed by atoms with Crippen LogP contribution in [0.2, 0.25) is 0 Å². The smallest absolute Gasteiger partial charge is 0.298 e. The van der Waals surface area contributed by atoms with Gasteiger partial charge in [0.05, 0.1) is 43.5 Å². The summed E-state index contributed by atoms with van der Waals surface area (Å²) in [4.78, 5) is 38.9. The van der Waals surface area contributed by atoms with Gasteiger partial charge in [-0.05, 0) is 44.5 Å². The van der Waals surface area contributed by atoms with Crippen molar-refractivity contribution in [2.24, 2.45) is 0 Å². The van der Waals surface area contributed by atoms with E-state index in [2.05, 4.69) is 19.9 Å². The maximum absolute atomic E-state index is 10.2. The van der Waals surface area contributed by atoms with Gasteiger partial charge in [-0.25, -0.2) is 9.97 Å². The zero-order valence-electron chi connectivity index (χ0n) is 28.0. The van der Waals surface area contributed by atoms with E-state index < -0.39 is 0 Å².